The molecule has 1 aromatic carbocycles. The molecule has 154 valence electrons. The summed E-state index contributed by atoms with van der Waals surface area (Å²) in [7, 11) is -3.65. The van der Waals surface area contributed by atoms with Gasteiger partial charge >= 0.3 is 0 Å². The van der Waals surface area contributed by atoms with Crippen molar-refractivity contribution in [2.45, 2.75) is 37.6 Å². The number of benzene rings is 1. The van der Waals surface area contributed by atoms with Crippen LogP contribution in [0.2, 0.25) is 0 Å². The van der Waals surface area contributed by atoms with Gasteiger partial charge in [0, 0.05) is 31.0 Å². The highest BCUT2D eigenvalue weighted by molar-refractivity contribution is 7.99. The van der Waals surface area contributed by atoms with Gasteiger partial charge in [-0.25, -0.2) is 13.1 Å². The summed E-state index contributed by atoms with van der Waals surface area (Å²) in [5.74, 6) is 1.04. The third-order valence-electron chi connectivity index (χ3n) is 5.15. The smallest absolute Gasteiger partial charge is 0.255 e. The number of hydrogen-bond acceptors (Lipinski definition) is 5. The Morgan fingerprint density at radius 3 is 2.61 bits per heavy atom. The van der Waals surface area contributed by atoms with Crippen LogP contribution in [-0.2, 0) is 14.8 Å². The second-order valence-corrected chi connectivity index (χ2v) is 9.89. The summed E-state index contributed by atoms with van der Waals surface area (Å²) in [4.78, 5) is 29.1. The molecule has 0 bridgehead atoms. The molecule has 1 saturated heterocycles. The molecular formula is C19H27N3O4S2. The molecule has 2 aliphatic rings. The number of nitrogens with zero attached hydrogens (tertiary/aromatic N) is 2. The van der Waals surface area contributed by atoms with Crippen LogP contribution in [0.3, 0.4) is 0 Å². The third kappa shape index (κ3) is 4.69. The maximum atomic E-state index is 13.0. The monoisotopic (exact) mass is 425 g/mol. The number of amides is 2. The number of likely N-dealkylation sites (N-methyl/N-ethyl adjacent to an activating group) is 1. The molecule has 2 amide bonds. The van der Waals surface area contributed by atoms with Crippen molar-refractivity contribution in [2.75, 3.05) is 31.3 Å². The van der Waals surface area contributed by atoms with Gasteiger partial charge in [0.1, 0.15) is 6.04 Å². The summed E-state index contributed by atoms with van der Waals surface area (Å²) in [5, 5.41) is 0. The molecule has 1 heterocycles. The van der Waals surface area contributed by atoms with E-state index >= 15 is 0 Å². The highest BCUT2D eigenvalue weighted by atomic mass is 32.2. The molecule has 28 heavy (non-hydrogen) atoms. The molecule has 1 aliphatic carbocycles. The van der Waals surface area contributed by atoms with E-state index in [4.69, 9.17) is 0 Å². The highest BCUT2D eigenvalue weighted by Gasteiger charge is 2.37. The van der Waals surface area contributed by atoms with Gasteiger partial charge < -0.3 is 9.80 Å². The van der Waals surface area contributed by atoms with E-state index in [1.54, 1.807) is 21.9 Å². The van der Waals surface area contributed by atoms with E-state index < -0.39 is 16.1 Å². The van der Waals surface area contributed by atoms with Crippen LogP contribution in [0.4, 0.5) is 0 Å². The second-order valence-electron chi connectivity index (χ2n) is 7.12. The quantitative estimate of drug-likeness (QED) is 0.686. The normalized spacial score (nSPS) is 19.6. The summed E-state index contributed by atoms with van der Waals surface area (Å²) < 4.78 is 27.6. The average molecular weight is 426 g/mol. The van der Waals surface area contributed by atoms with Gasteiger partial charge in [0.25, 0.3) is 5.91 Å². The fourth-order valence-electron chi connectivity index (χ4n) is 3.19. The molecule has 1 saturated carbocycles. The first-order valence-electron chi connectivity index (χ1n) is 9.64. The summed E-state index contributed by atoms with van der Waals surface area (Å²) in [6, 6.07) is 5.56. The molecule has 0 aromatic heterocycles. The summed E-state index contributed by atoms with van der Waals surface area (Å²) in [6.07, 6.45) is 2.10. The van der Waals surface area contributed by atoms with Crippen molar-refractivity contribution >= 4 is 33.6 Å². The lowest BCUT2D eigenvalue weighted by Gasteiger charge is -2.28. The van der Waals surface area contributed by atoms with Crippen molar-refractivity contribution in [1.82, 2.24) is 14.5 Å². The van der Waals surface area contributed by atoms with Crippen molar-refractivity contribution < 1.29 is 18.0 Å². The predicted molar refractivity (Wildman–Crippen MR) is 110 cm³/mol. The lowest BCUT2D eigenvalue weighted by Crippen LogP contribution is -2.49. The van der Waals surface area contributed by atoms with E-state index in [1.165, 1.54) is 23.9 Å². The standard InChI is InChI=1S/C19H27N3O4S2/c1-3-21(4-2)19(24)17-12-27-13-22(17)18(23)15-6-5-7-16(10-15)28(25,26)20-11-14-8-9-14/h5-7,10,14,17,20H,3-4,8-9,11-13H2,1-2H3. The Labute approximate surface area is 170 Å². The van der Waals surface area contributed by atoms with Crippen molar-refractivity contribution in [3.8, 4) is 0 Å². The SMILES string of the molecule is CCN(CC)C(=O)C1CSCN1C(=O)c1cccc(S(=O)(=O)NCC2CC2)c1. The lowest BCUT2D eigenvalue weighted by atomic mass is 10.1. The summed E-state index contributed by atoms with van der Waals surface area (Å²) in [6.45, 7) is 5.46. The molecule has 9 heteroatoms. The van der Waals surface area contributed by atoms with Gasteiger partial charge in [-0.05, 0) is 50.8 Å². The molecule has 3 rings (SSSR count). The summed E-state index contributed by atoms with van der Waals surface area (Å²) >= 11 is 1.54. The minimum absolute atomic E-state index is 0.0572. The minimum Gasteiger partial charge on any atom is -0.341 e. The zero-order valence-corrected chi connectivity index (χ0v) is 17.9. The molecule has 1 unspecified atom stereocenters. The van der Waals surface area contributed by atoms with Crippen molar-refractivity contribution in [2.24, 2.45) is 5.92 Å². The molecule has 7 nitrogen and oxygen atoms in total. The highest BCUT2D eigenvalue weighted by Crippen LogP contribution is 2.28. The number of carbonyl (C=O) groups excluding carboxylic acids is 2. The Kier molecular flexibility index (Phi) is 6.67. The third-order valence-corrected chi connectivity index (χ3v) is 7.59. The van der Waals surface area contributed by atoms with Gasteiger partial charge in [0.05, 0.1) is 10.8 Å². The van der Waals surface area contributed by atoms with Gasteiger partial charge in [-0.15, -0.1) is 11.8 Å². The van der Waals surface area contributed by atoms with Gasteiger partial charge in [0.15, 0.2) is 0 Å². The van der Waals surface area contributed by atoms with Gasteiger partial charge in [-0.3, -0.25) is 9.59 Å². The Bertz CT molecular complexity index is 835. The number of rotatable bonds is 8. The van der Waals surface area contributed by atoms with Crippen LogP contribution in [0.1, 0.15) is 37.0 Å². The zero-order valence-electron chi connectivity index (χ0n) is 16.3. The van der Waals surface area contributed by atoms with Gasteiger partial charge in [-0.1, -0.05) is 6.07 Å². The van der Waals surface area contributed by atoms with E-state index in [0.29, 0.717) is 37.2 Å². The van der Waals surface area contributed by atoms with E-state index in [2.05, 4.69) is 4.72 Å². The predicted octanol–water partition coefficient (Wildman–Crippen LogP) is 1.76. The Balaban J connectivity index is 1.77. The largest absolute Gasteiger partial charge is 0.341 e. The summed E-state index contributed by atoms with van der Waals surface area (Å²) in [5.41, 5.74) is 0.286. The first kappa shape index (κ1) is 21.1. The van der Waals surface area contributed by atoms with E-state index in [-0.39, 0.29) is 22.3 Å². The minimum atomic E-state index is -3.65. The van der Waals surface area contributed by atoms with Crippen LogP contribution in [0, 0.1) is 5.92 Å². The van der Waals surface area contributed by atoms with Crippen LogP contribution in [0.15, 0.2) is 29.2 Å². The maximum absolute atomic E-state index is 13.0. The first-order valence-corrected chi connectivity index (χ1v) is 12.3. The van der Waals surface area contributed by atoms with Crippen LogP contribution >= 0.6 is 11.8 Å². The molecular weight excluding hydrogens is 398 g/mol. The Morgan fingerprint density at radius 2 is 1.96 bits per heavy atom. The zero-order chi connectivity index (χ0) is 20.3. The Morgan fingerprint density at radius 1 is 1.25 bits per heavy atom. The molecule has 1 N–H and O–H groups in total. The molecule has 1 atom stereocenters. The topological polar surface area (TPSA) is 86.8 Å². The average Bonchev–Trinajstić information content (AvgIpc) is 3.41. The molecule has 0 radical (unpaired) electrons. The maximum Gasteiger partial charge on any atom is 0.255 e. The van der Waals surface area contributed by atoms with Crippen molar-refractivity contribution in [1.29, 1.82) is 0 Å². The number of hydrogen-bond donors (Lipinski definition) is 1. The van der Waals surface area contributed by atoms with E-state index in [9.17, 15) is 18.0 Å². The van der Waals surface area contributed by atoms with Crippen LogP contribution in [0.25, 0.3) is 0 Å². The number of sulfonamides is 1. The van der Waals surface area contributed by atoms with Gasteiger partial charge in [-0.2, -0.15) is 0 Å². The van der Waals surface area contributed by atoms with Crippen molar-refractivity contribution in [3.05, 3.63) is 29.8 Å². The number of nitrogens with one attached hydrogen (secondary N) is 1. The van der Waals surface area contributed by atoms with E-state index in [0.717, 1.165) is 12.8 Å². The molecule has 1 aromatic rings. The number of carbonyl (C=O) groups is 2. The molecule has 1 aliphatic heterocycles. The van der Waals surface area contributed by atoms with Gasteiger partial charge in [0.2, 0.25) is 15.9 Å². The van der Waals surface area contributed by atoms with Crippen LogP contribution in [0.5, 0.6) is 0 Å². The second kappa shape index (κ2) is 8.84. The van der Waals surface area contributed by atoms with E-state index in [1.807, 2.05) is 13.8 Å². The number of thioether (sulfide) groups is 1. The molecule has 2 fully saturated rings. The fraction of sp³-hybridized carbons (Fsp3) is 0.579. The molecule has 0 spiro atoms. The Hall–Kier alpha value is -1.58. The van der Waals surface area contributed by atoms with Crippen molar-refractivity contribution in [3.63, 3.8) is 0 Å². The van der Waals surface area contributed by atoms with Crippen LogP contribution < -0.4 is 4.72 Å². The first-order chi connectivity index (χ1) is 13.4. The van der Waals surface area contributed by atoms with Crippen LogP contribution in [-0.4, -0.2) is 67.3 Å². The lowest BCUT2D eigenvalue weighted by molar-refractivity contribution is -0.134. The fourth-order valence-corrected chi connectivity index (χ4v) is 5.50.